The maximum atomic E-state index is 13.4. The van der Waals surface area contributed by atoms with Crippen LogP contribution in [-0.4, -0.2) is 31.6 Å². The maximum absolute atomic E-state index is 13.4. The van der Waals surface area contributed by atoms with Crippen LogP contribution < -0.4 is 10.2 Å². The predicted molar refractivity (Wildman–Crippen MR) is 118 cm³/mol. The van der Waals surface area contributed by atoms with E-state index in [4.69, 9.17) is 4.74 Å². The van der Waals surface area contributed by atoms with Gasteiger partial charge in [-0.2, -0.15) is 0 Å². The van der Waals surface area contributed by atoms with Gasteiger partial charge >= 0.3 is 0 Å². The van der Waals surface area contributed by atoms with Crippen LogP contribution in [-0.2, 0) is 19.9 Å². The fourth-order valence-corrected chi connectivity index (χ4v) is 4.30. The van der Waals surface area contributed by atoms with E-state index in [2.05, 4.69) is 0 Å². The minimum Gasteiger partial charge on any atom is -0.507 e. The third-order valence-corrected chi connectivity index (χ3v) is 5.90. The summed E-state index contributed by atoms with van der Waals surface area (Å²) < 4.78 is 7.89. The molecule has 1 atom stereocenters. The lowest BCUT2D eigenvalue weighted by molar-refractivity contribution is -0.0231. The predicted octanol–water partition coefficient (Wildman–Crippen LogP) is 3.69. The Hall–Kier alpha value is -2.99. The maximum Gasteiger partial charge on any atom is 0.201 e. The second kappa shape index (κ2) is 6.77. The molecule has 3 aromatic rings. The lowest BCUT2D eigenvalue weighted by Gasteiger charge is -2.25. The van der Waals surface area contributed by atoms with Gasteiger partial charge in [-0.1, -0.05) is 17.7 Å². The zero-order valence-electron chi connectivity index (χ0n) is 17.9. The van der Waals surface area contributed by atoms with E-state index in [9.17, 15) is 20.1 Å². The summed E-state index contributed by atoms with van der Waals surface area (Å²) in [6.07, 6.45) is 2.30. The number of rotatable bonds is 3. The Morgan fingerprint density at radius 2 is 1.97 bits per heavy atom. The smallest absolute Gasteiger partial charge is 0.201 e. The average molecular weight is 409 g/mol. The third-order valence-electron chi connectivity index (χ3n) is 5.90. The number of pyridine rings is 1. The first kappa shape index (κ1) is 20.3. The zero-order valence-corrected chi connectivity index (χ0v) is 17.9. The van der Waals surface area contributed by atoms with Crippen LogP contribution in [0.3, 0.4) is 0 Å². The van der Waals surface area contributed by atoms with Crippen molar-refractivity contribution >= 4 is 21.8 Å². The summed E-state index contributed by atoms with van der Waals surface area (Å²) in [5, 5.41) is 32.7. The van der Waals surface area contributed by atoms with E-state index in [1.165, 1.54) is 6.07 Å². The molecule has 6 nitrogen and oxygen atoms in total. The quantitative estimate of drug-likeness (QED) is 0.453. The fraction of sp³-hybridized carbons (Fsp3) is 0.375. The Labute approximate surface area is 174 Å². The minimum atomic E-state index is -1.11. The number of allylic oxidation sites excluding steroid dienone is 2. The Morgan fingerprint density at radius 3 is 2.60 bits per heavy atom. The molecule has 0 unspecified atom stereocenters. The zero-order chi connectivity index (χ0) is 22.0. The molecule has 2 heterocycles. The van der Waals surface area contributed by atoms with Crippen molar-refractivity contribution < 1.29 is 20.1 Å². The molecule has 6 heteroatoms. The topological polar surface area (TPSA) is 91.9 Å². The van der Waals surface area contributed by atoms with Gasteiger partial charge in [0.2, 0.25) is 5.43 Å². The summed E-state index contributed by atoms with van der Waals surface area (Å²) >= 11 is 0. The fourth-order valence-electron chi connectivity index (χ4n) is 4.30. The lowest BCUT2D eigenvalue weighted by atomic mass is 9.93. The molecule has 0 amide bonds. The van der Waals surface area contributed by atoms with Crippen molar-refractivity contribution in [1.29, 1.82) is 0 Å². The van der Waals surface area contributed by atoms with E-state index < -0.39 is 11.7 Å². The van der Waals surface area contributed by atoms with Crippen molar-refractivity contribution in [3.63, 3.8) is 0 Å². The van der Waals surface area contributed by atoms with Crippen molar-refractivity contribution in [3.05, 3.63) is 51.2 Å². The monoisotopic (exact) mass is 409 g/mol. The number of aryl methyl sites for hydroxylation is 1. The van der Waals surface area contributed by atoms with Gasteiger partial charge in [0.05, 0.1) is 27.4 Å². The number of ether oxygens (including phenoxy) is 1. The molecule has 0 aliphatic carbocycles. The van der Waals surface area contributed by atoms with Gasteiger partial charge in [-0.15, -0.1) is 0 Å². The summed E-state index contributed by atoms with van der Waals surface area (Å²) in [4.78, 5) is 13.4. The highest BCUT2D eigenvalue weighted by Crippen LogP contribution is 2.46. The molecule has 0 saturated heterocycles. The Bertz CT molecular complexity index is 1270. The van der Waals surface area contributed by atoms with Gasteiger partial charge in [0.25, 0.3) is 0 Å². The van der Waals surface area contributed by atoms with Gasteiger partial charge in [0.1, 0.15) is 23.4 Å². The van der Waals surface area contributed by atoms with Crippen LogP contribution >= 0.6 is 0 Å². The summed E-state index contributed by atoms with van der Waals surface area (Å²) in [7, 11) is 1.77. The average Bonchev–Trinajstić information content (AvgIpc) is 3.11. The number of hydrogen-bond donors (Lipinski definition) is 3. The highest BCUT2D eigenvalue weighted by Gasteiger charge is 2.39. The highest BCUT2D eigenvalue weighted by atomic mass is 16.5. The number of phenols is 2. The number of nitrogens with zero attached hydrogens (tertiary/aromatic N) is 1. The number of benzene rings is 2. The van der Waals surface area contributed by atoms with Gasteiger partial charge in [0.15, 0.2) is 0 Å². The van der Waals surface area contributed by atoms with E-state index in [0.717, 1.165) is 11.1 Å². The standard InChI is InChI=1S/C24H27NO5/c1-12(2)9-10-14-20-18(21(27)13-7-6-8-16(26)19(13)25(20)5)22(28)15-11-17(24(3,4)29)30-23(14)15/h6-9,17,26,28-29H,10-11H2,1-5H3/t17-/m1/s1. The Balaban J connectivity index is 2.18. The number of fused-ring (bicyclic) bond motifs is 3. The van der Waals surface area contributed by atoms with Crippen LogP contribution in [0.4, 0.5) is 0 Å². The second-order valence-corrected chi connectivity index (χ2v) is 8.87. The largest absolute Gasteiger partial charge is 0.507 e. The molecule has 3 N–H and O–H groups in total. The van der Waals surface area contributed by atoms with Crippen LogP contribution in [0.5, 0.6) is 17.2 Å². The van der Waals surface area contributed by atoms with E-state index in [1.54, 1.807) is 37.6 Å². The summed E-state index contributed by atoms with van der Waals surface area (Å²) in [6, 6.07) is 4.81. The first-order valence-electron chi connectivity index (χ1n) is 10.1. The molecule has 0 bridgehead atoms. The molecule has 0 saturated carbocycles. The first-order valence-corrected chi connectivity index (χ1v) is 10.1. The second-order valence-electron chi connectivity index (χ2n) is 8.87. The summed E-state index contributed by atoms with van der Waals surface area (Å²) in [5.41, 5.74) is 1.90. The minimum absolute atomic E-state index is 0.00237. The summed E-state index contributed by atoms with van der Waals surface area (Å²) in [6.45, 7) is 7.32. The third kappa shape index (κ3) is 2.94. The van der Waals surface area contributed by atoms with Crippen LogP contribution in [0, 0.1) is 0 Å². The molecule has 30 heavy (non-hydrogen) atoms. The van der Waals surface area contributed by atoms with Crippen LogP contribution in [0.1, 0.15) is 38.8 Å². The van der Waals surface area contributed by atoms with Crippen molar-refractivity contribution in [2.24, 2.45) is 7.05 Å². The highest BCUT2D eigenvalue weighted by molar-refractivity contribution is 6.01. The van der Waals surface area contributed by atoms with E-state index in [1.807, 2.05) is 19.9 Å². The Kier molecular flexibility index (Phi) is 4.58. The molecule has 1 aromatic heterocycles. The van der Waals surface area contributed by atoms with Gasteiger partial charge in [-0.25, -0.2) is 0 Å². The molecule has 0 fully saturated rings. The van der Waals surface area contributed by atoms with Gasteiger partial charge in [-0.3, -0.25) is 4.79 Å². The van der Waals surface area contributed by atoms with Crippen LogP contribution in [0.2, 0.25) is 0 Å². The van der Waals surface area contributed by atoms with Crippen molar-refractivity contribution in [2.75, 3.05) is 0 Å². The molecule has 1 aliphatic heterocycles. The normalized spacial score (nSPS) is 16.0. The molecule has 0 spiro atoms. The van der Waals surface area contributed by atoms with E-state index >= 15 is 0 Å². The molecule has 1 aliphatic rings. The van der Waals surface area contributed by atoms with Crippen LogP contribution in [0.15, 0.2) is 34.6 Å². The number of aromatic hydroxyl groups is 2. The number of aromatic nitrogens is 1. The molecular weight excluding hydrogens is 382 g/mol. The number of aliphatic hydroxyl groups is 1. The lowest BCUT2D eigenvalue weighted by Crippen LogP contribution is -2.39. The van der Waals surface area contributed by atoms with E-state index in [-0.39, 0.29) is 22.3 Å². The van der Waals surface area contributed by atoms with Crippen LogP contribution in [0.25, 0.3) is 21.8 Å². The molecule has 2 aromatic carbocycles. The number of hydrogen-bond acceptors (Lipinski definition) is 5. The van der Waals surface area contributed by atoms with Crippen molar-refractivity contribution in [2.45, 2.75) is 52.2 Å². The molecule has 158 valence electrons. The molecule has 4 rings (SSSR count). The Morgan fingerprint density at radius 1 is 1.27 bits per heavy atom. The van der Waals surface area contributed by atoms with E-state index in [0.29, 0.717) is 40.6 Å². The van der Waals surface area contributed by atoms with Gasteiger partial charge < -0.3 is 24.6 Å². The SMILES string of the molecule is CC(C)=CCc1c2c(c(O)c3c(=O)c4cccc(O)c4n(C)c13)C[C@H](C(C)(C)O)O2. The number of para-hydroxylation sites is 1. The molecular formula is C24H27NO5. The number of phenolic OH excluding ortho intramolecular Hbond substituents is 2. The van der Waals surface area contributed by atoms with Crippen molar-refractivity contribution in [3.8, 4) is 17.2 Å². The van der Waals surface area contributed by atoms with Gasteiger partial charge in [-0.05, 0) is 46.2 Å². The van der Waals surface area contributed by atoms with Gasteiger partial charge in [0, 0.05) is 24.6 Å². The van der Waals surface area contributed by atoms with Crippen molar-refractivity contribution in [1.82, 2.24) is 4.57 Å². The molecule has 0 radical (unpaired) electrons. The summed E-state index contributed by atoms with van der Waals surface area (Å²) in [5.74, 6) is 0.394. The first-order chi connectivity index (χ1) is 14.0.